The Morgan fingerprint density at radius 3 is 2.60 bits per heavy atom. The maximum Gasteiger partial charge on any atom is 0.277 e. The van der Waals surface area contributed by atoms with E-state index in [9.17, 15) is 18.0 Å². The first-order chi connectivity index (χ1) is 9.59. The van der Waals surface area contributed by atoms with Crippen LogP contribution in [0, 0.1) is 17.5 Å². The van der Waals surface area contributed by atoms with E-state index in [1.54, 1.807) is 0 Å². The van der Waals surface area contributed by atoms with E-state index in [-0.39, 0.29) is 6.61 Å². The highest BCUT2D eigenvalue weighted by Gasteiger charge is 2.19. The predicted octanol–water partition coefficient (Wildman–Crippen LogP) is 1.86. The lowest BCUT2D eigenvalue weighted by Gasteiger charge is -2.14. The first kappa shape index (κ1) is 14.8. The van der Waals surface area contributed by atoms with Crippen molar-refractivity contribution >= 4 is 5.91 Å². The number of nitrogens with one attached hydrogen (secondary N) is 1. The van der Waals surface area contributed by atoms with Crippen molar-refractivity contribution in [2.75, 3.05) is 26.2 Å². The molecule has 1 N–H and O–H groups in total. The largest absolute Gasteiger partial charge is 0.301 e. The number of carbonyl (C=O) groups excluding carboxylic acids is 1. The molecule has 110 valence electrons. The van der Waals surface area contributed by atoms with Gasteiger partial charge in [-0.2, -0.15) is 0 Å². The van der Waals surface area contributed by atoms with E-state index >= 15 is 0 Å². The van der Waals surface area contributed by atoms with E-state index in [0.29, 0.717) is 12.6 Å². The number of hydrogen-bond donors (Lipinski definition) is 1. The summed E-state index contributed by atoms with van der Waals surface area (Å²) in [6.45, 7) is 2.89. The van der Waals surface area contributed by atoms with Crippen molar-refractivity contribution in [2.45, 2.75) is 12.8 Å². The Labute approximate surface area is 114 Å². The number of likely N-dealkylation sites (tertiary alicyclic amines) is 1. The van der Waals surface area contributed by atoms with E-state index < -0.39 is 28.9 Å². The Balaban J connectivity index is 1.81. The first-order valence-corrected chi connectivity index (χ1v) is 6.37. The molecule has 0 spiro atoms. The van der Waals surface area contributed by atoms with Gasteiger partial charge in [-0.25, -0.2) is 18.7 Å². The second kappa shape index (κ2) is 6.71. The summed E-state index contributed by atoms with van der Waals surface area (Å²) in [7, 11) is 0. The summed E-state index contributed by atoms with van der Waals surface area (Å²) in [5, 5.41) is 0. The molecule has 20 heavy (non-hydrogen) atoms. The molecule has 1 aliphatic heterocycles. The van der Waals surface area contributed by atoms with Crippen LogP contribution in [0.5, 0.6) is 0 Å². The Morgan fingerprint density at radius 2 is 1.90 bits per heavy atom. The van der Waals surface area contributed by atoms with Gasteiger partial charge in [-0.05, 0) is 38.1 Å². The van der Waals surface area contributed by atoms with Crippen molar-refractivity contribution in [3.8, 4) is 0 Å². The zero-order valence-electron chi connectivity index (χ0n) is 10.8. The molecule has 1 amide bonds. The van der Waals surface area contributed by atoms with Crippen LogP contribution >= 0.6 is 0 Å². The third-order valence-electron chi connectivity index (χ3n) is 3.15. The van der Waals surface area contributed by atoms with Crippen molar-refractivity contribution in [3.05, 3.63) is 35.1 Å². The van der Waals surface area contributed by atoms with E-state index in [0.717, 1.165) is 32.0 Å². The summed E-state index contributed by atoms with van der Waals surface area (Å²) in [4.78, 5) is 18.6. The lowest BCUT2D eigenvalue weighted by atomic mass is 10.2. The molecule has 1 saturated heterocycles. The van der Waals surface area contributed by atoms with Crippen LogP contribution in [-0.2, 0) is 4.84 Å². The fraction of sp³-hybridized carbons (Fsp3) is 0.462. The summed E-state index contributed by atoms with van der Waals surface area (Å²) in [6, 6.07) is 1.56. The molecule has 0 atom stereocenters. The molecule has 1 aromatic rings. The molecular formula is C13H15F3N2O2. The number of carbonyl (C=O) groups is 1. The number of benzene rings is 1. The predicted molar refractivity (Wildman–Crippen MR) is 65.4 cm³/mol. The topological polar surface area (TPSA) is 41.6 Å². The Bertz CT molecular complexity index is 491. The minimum absolute atomic E-state index is 0.247. The van der Waals surface area contributed by atoms with Crippen LogP contribution in [0.2, 0.25) is 0 Å². The normalized spacial score (nSPS) is 15.6. The molecule has 0 unspecified atom stereocenters. The van der Waals surface area contributed by atoms with Crippen molar-refractivity contribution in [2.24, 2.45) is 0 Å². The minimum atomic E-state index is -1.67. The molecule has 1 fully saturated rings. The Morgan fingerprint density at radius 1 is 1.20 bits per heavy atom. The summed E-state index contributed by atoms with van der Waals surface area (Å²) in [5.74, 6) is -5.47. The highest BCUT2D eigenvalue weighted by molar-refractivity contribution is 5.93. The molecule has 0 aliphatic carbocycles. The van der Waals surface area contributed by atoms with Gasteiger partial charge in [-0.3, -0.25) is 9.63 Å². The van der Waals surface area contributed by atoms with Gasteiger partial charge in [-0.1, -0.05) is 0 Å². The third kappa shape index (κ3) is 3.49. The third-order valence-corrected chi connectivity index (χ3v) is 3.15. The highest BCUT2D eigenvalue weighted by Crippen LogP contribution is 2.15. The molecule has 0 bridgehead atoms. The van der Waals surface area contributed by atoms with E-state index in [2.05, 4.69) is 4.90 Å². The number of rotatable bonds is 5. The van der Waals surface area contributed by atoms with Crippen molar-refractivity contribution < 1.29 is 22.8 Å². The van der Waals surface area contributed by atoms with Crippen LogP contribution in [0.25, 0.3) is 0 Å². The Kier molecular flexibility index (Phi) is 4.97. The molecule has 1 aliphatic rings. The van der Waals surface area contributed by atoms with Gasteiger partial charge in [0.15, 0.2) is 17.5 Å². The lowest BCUT2D eigenvalue weighted by Crippen LogP contribution is -2.30. The van der Waals surface area contributed by atoms with Crippen molar-refractivity contribution in [1.82, 2.24) is 10.4 Å². The number of halogens is 3. The van der Waals surface area contributed by atoms with Gasteiger partial charge in [0.05, 0.1) is 12.2 Å². The standard InChI is InChI=1S/C13H15F3N2O2/c14-10-4-3-9(11(15)12(10)16)13(19)17-20-8-7-18-5-1-2-6-18/h3-4H,1-2,5-8H2,(H,17,19). The molecule has 0 saturated carbocycles. The van der Waals surface area contributed by atoms with Gasteiger partial charge < -0.3 is 4.90 Å². The molecular weight excluding hydrogens is 273 g/mol. The maximum atomic E-state index is 13.3. The smallest absolute Gasteiger partial charge is 0.277 e. The molecule has 7 heteroatoms. The molecule has 0 aromatic heterocycles. The van der Waals surface area contributed by atoms with Crippen LogP contribution in [0.15, 0.2) is 12.1 Å². The fourth-order valence-corrected chi connectivity index (χ4v) is 2.05. The second-order valence-corrected chi connectivity index (χ2v) is 4.55. The van der Waals surface area contributed by atoms with Crippen LogP contribution in [0.3, 0.4) is 0 Å². The van der Waals surface area contributed by atoms with Gasteiger partial charge in [0.2, 0.25) is 0 Å². The van der Waals surface area contributed by atoms with E-state index in [1.165, 1.54) is 0 Å². The summed E-state index contributed by atoms with van der Waals surface area (Å²) < 4.78 is 39.0. The SMILES string of the molecule is O=C(NOCCN1CCCC1)c1ccc(F)c(F)c1F. The monoisotopic (exact) mass is 288 g/mol. The zero-order chi connectivity index (χ0) is 14.5. The van der Waals surface area contributed by atoms with Crippen LogP contribution in [0.1, 0.15) is 23.2 Å². The number of nitrogens with zero attached hydrogens (tertiary/aromatic N) is 1. The summed E-state index contributed by atoms with van der Waals surface area (Å²) in [5.41, 5.74) is 1.42. The lowest BCUT2D eigenvalue weighted by molar-refractivity contribution is 0.0240. The first-order valence-electron chi connectivity index (χ1n) is 6.37. The average molecular weight is 288 g/mol. The molecule has 0 radical (unpaired) electrons. The molecule has 4 nitrogen and oxygen atoms in total. The van der Waals surface area contributed by atoms with Gasteiger partial charge in [-0.15, -0.1) is 0 Å². The van der Waals surface area contributed by atoms with Gasteiger partial charge in [0.25, 0.3) is 5.91 Å². The number of hydrogen-bond acceptors (Lipinski definition) is 3. The quantitative estimate of drug-likeness (QED) is 0.511. The summed E-state index contributed by atoms with van der Waals surface area (Å²) in [6.07, 6.45) is 2.29. The zero-order valence-corrected chi connectivity index (χ0v) is 10.8. The molecule has 1 aromatic carbocycles. The van der Waals surface area contributed by atoms with Crippen molar-refractivity contribution in [3.63, 3.8) is 0 Å². The second-order valence-electron chi connectivity index (χ2n) is 4.55. The van der Waals surface area contributed by atoms with Crippen LogP contribution in [0.4, 0.5) is 13.2 Å². The average Bonchev–Trinajstić information content (AvgIpc) is 2.94. The molecule has 1 heterocycles. The van der Waals surface area contributed by atoms with Gasteiger partial charge >= 0.3 is 0 Å². The van der Waals surface area contributed by atoms with E-state index in [4.69, 9.17) is 4.84 Å². The van der Waals surface area contributed by atoms with Crippen molar-refractivity contribution in [1.29, 1.82) is 0 Å². The fourth-order valence-electron chi connectivity index (χ4n) is 2.05. The maximum absolute atomic E-state index is 13.3. The van der Waals surface area contributed by atoms with Crippen LogP contribution < -0.4 is 5.48 Å². The molecule has 2 rings (SSSR count). The minimum Gasteiger partial charge on any atom is -0.301 e. The van der Waals surface area contributed by atoms with Crippen LogP contribution in [-0.4, -0.2) is 37.0 Å². The van der Waals surface area contributed by atoms with Gasteiger partial charge in [0.1, 0.15) is 0 Å². The summed E-state index contributed by atoms with van der Waals surface area (Å²) >= 11 is 0. The highest BCUT2D eigenvalue weighted by atomic mass is 19.2. The van der Waals surface area contributed by atoms with Gasteiger partial charge in [0, 0.05) is 6.54 Å². The van der Waals surface area contributed by atoms with E-state index in [1.807, 2.05) is 5.48 Å². The number of amides is 1. The number of hydroxylamine groups is 1. The Hall–Kier alpha value is -1.60.